The Kier molecular flexibility index (Phi) is 4.59. The molecule has 0 saturated carbocycles. The summed E-state index contributed by atoms with van der Waals surface area (Å²) in [5, 5.41) is 3.00. The Morgan fingerprint density at radius 2 is 2.26 bits per heavy atom. The Morgan fingerprint density at radius 3 is 2.89 bits per heavy atom. The van der Waals surface area contributed by atoms with Gasteiger partial charge in [0.05, 0.1) is 6.10 Å². The number of ether oxygens (including phenoxy) is 1. The second kappa shape index (κ2) is 6.20. The topological polar surface area (TPSA) is 38.3 Å². The van der Waals surface area contributed by atoms with Gasteiger partial charge in [0.25, 0.3) is 0 Å². The molecule has 1 aromatic rings. The lowest BCUT2D eigenvalue weighted by molar-refractivity contribution is -0.117. The van der Waals surface area contributed by atoms with Crippen LogP contribution >= 0.6 is 0 Å². The van der Waals surface area contributed by atoms with Crippen molar-refractivity contribution >= 4 is 11.6 Å². The van der Waals surface area contributed by atoms with Crippen LogP contribution in [0.1, 0.15) is 37.3 Å². The number of benzene rings is 1. The van der Waals surface area contributed by atoms with Crippen LogP contribution in [0, 0.1) is 19.8 Å². The molecule has 1 aliphatic heterocycles. The van der Waals surface area contributed by atoms with Crippen molar-refractivity contribution < 1.29 is 9.53 Å². The summed E-state index contributed by atoms with van der Waals surface area (Å²) in [5.74, 6) is 0.364. The van der Waals surface area contributed by atoms with Crippen molar-refractivity contribution in [2.75, 3.05) is 11.9 Å². The summed E-state index contributed by atoms with van der Waals surface area (Å²) in [4.78, 5) is 12.1. The molecule has 0 aromatic heterocycles. The predicted molar refractivity (Wildman–Crippen MR) is 77.3 cm³/mol. The van der Waals surface area contributed by atoms with Crippen LogP contribution in [0.3, 0.4) is 0 Å². The zero-order valence-electron chi connectivity index (χ0n) is 12.0. The van der Waals surface area contributed by atoms with Gasteiger partial charge in [-0.1, -0.05) is 24.6 Å². The number of carbonyl (C=O) groups is 1. The minimum absolute atomic E-state index is 0.0787. The van der Waals surface area contributed by atoms with E-state index in [0.717, 1.165) is 30.7 Å². The van der Waals surface area contributed by atoms with Gasteiger partial charge >= 0.3 is 0 Å². The van der Waals surface area contributed by atoms with E-state index in [1.165, 1.54) is 5.56 Å². The van der Waals surface area contributed by atoms with Crippen molar-refractivity contribution in [2.45, 2.75) is 46.1 Å². The minimum atomic E-state index is 0.0787. The fourth-order valence-electron chi connectivity index (χ4n) is 2.63. The van der Waals surface area contributed by atoms with Gasteiger partial charge in [-0.15, -0.1) is 0 Å². The summed E-state index contributed by atoms with van der Waals surface area (Å²) >= 11 is 0. The van der Waals surface area contributed by atoms with Gasteiger partial charge in [-0.05, 0) is 44.2 Å². The molecule has 1 saturated heterocycles. The lowest BCUT2D eigenvalue weighted by atomic mass is 9.98. The van der Waals surface area contributed by atoms with Gasteiger partial charge in [-0.2, -0.15) is 0 Å². The van der Waals surface area contributed by atoms with Gasteiger partial charge < -0.3 is 10.1 Å². The number of nitrogens with one attached hydrogen (secondary N) is 1. The summed E-state index contributed by atoms with van der Waals surface area (Å²) in [6.07, 6.45) is 2.98. The summed E-state index contributed by atoms with van der Waals surface area (Å²) < 4.78 is 5.63. The third kappa shape index (κ3) is 3.80. The molecule has 3 heteroatoms. The van der Waals surface area contributed by atoms with Gasteiger partial charge in [0.15, 0.2) is 0 Å². The van der Waals surface area contributed by atoms with Gasteiger partial charge in [0.2, 0.25) is 5.91 Å². The number of rotatable bonds is 4. The van der Waals surface area contributed by atoms with Gasteiger partial charge in [-0.25, -0.2) is 0 Å². The van der Waals surface area contributed by atoms with Crippen molar-refractivity contribution in [3.63, 3.8) is 0 Å². The molecule has 0 unspecified atom stereocenters. The molecule has 19 heavy (non-hydrogen) atoms. The largest absolute Gasteiger partial charge is 0.378 e. The SMILES string of the molecule is Cc1ccc(NC(=O)C[C@@H](C)[C@@H]2CCCO2)c(C)c1. The Hall–Kier alpha value is -1.35. The summed E-state index contributed by atoms with van der Waals surface area (Å²) in [6, 6.07) is 6.07. The van der Waals surface area contributed by atoms with Crippen molar-refractivity contribution in [1.82, 2.24) is 0 Å². The number of aryl methyl sites for hydroxylation is 2. The molecular weight excluding hydrogens is 238 g/mol. The van der Waals surface area contributed by atoms with E-state index in [9.17, 15) is 4.79 Å². The highest BCUT2D eigenvalue weighted by molar-refractivity contribution is 5.91. The van der Waals surface area contributed by atoms with Crippen LogP contribution in [0.15, 0.2) is 18.2 Å². The van der Waals surface area contributed by atoms with Crippen LogP contribution in [0.5, 0.6) is 0 Å². The first-order chi connectivity index (χ1) is 9.06. The predicted octanol–water partition coefficient (Wildman–Crippen LogP) is 3.45. The molecular formula is C16H23NO2. The van der Waals surface area contributed by atoms with E-state index in [4.69, 9.17) is 4.74 Å². The maximum absolute atomic E-state index is 12.1. The van der Waals surface area contributed by atoms with E-state index in [2.05, 4.69) is 25.2 Å². The highest BCUT2D eigenvalue weighted by Crippen LogP contribution is 2.23. The minimum Gasteiger partial charge on any atom is -0.378 e. The Labute approximate surface area is 115 Å². The Balaban J connectivity index is 1.89. The maximum Gasteiger partial charge on any atom is 0.224 e. The first-order valence-corrected chi connectivity index (χ1v) is 7.05. The normalized spacial score (nSPS) is 20.3. The second-order valence-corrected chi connectivity index (χ2v) is 5.60. The molecule has 0 bridgehead atoms. The van der Waals surface area contributed by atoms with E-state index < -0.39 is 0 Å². The van der Waals surface area contributed by atoms with Crippen molar-refractivity contribution in [2.24, 2.45) is 5.92 Å². The third-order valence-corrected chi connectivity index (χ3v) is 3.76. The van der Waals surface area contributed by atoms with E-state index in [-0.39, 0.29) is 17.9 Å². The standard InChI is InChI=1S/C16H23NO2/c1-11-6-7-14(12(2)9-11)17-16(18)10-13(3)15-5-4-8-19-15/h6-7,9,13,15H,4-5,8,10H2,1-3H3,(H,17,18)/t13-,15+/m1/s1. The third-order valence-electron chi connectivity index (χ3n) is 3.76. The first kappa shape index (κ1) is 14.1. The number of carbonyl (C=O) groups excluding carboxylic acids is 1. The van der Waals surface area contributed by atoms with E-state index >= 15 is 0 Å². The molecule has 2 rings (SSSR count). The highest BCUT2D eigenvalue weighted by atomic mass is 16.5. The van der Waals surface area contributed by atoms with Crippen molar-refractivity contribution in [3.05, 3.63) is 29.3 Å². The maximum atomic E-state index is 12.1. The second-order valence-electron chi connectivity index (χ2n) is 5.60. The summed E-state index contributed by atoms with van der Waals surface area (Å²) in [5.41, 5.74) is 3.23. The fourth-order valence-corrected chi connectivity index (χ4v) is 2.63. The average molecular weight is 261 g/mol. The van der Waals surface area contributed by atoms with Crippen molar-refractivity contribution in [3.8, 4) is 0 Å². The molecule has 0 aliphatic carbocycles. The number of hydrogen-bond acceptors (Lipinski definition) is 2. The fraction of sp³-hybridized carbons (Fsp3) is 0.562. The van der Waals surface area contributed by atoms with Crippen LogP contribution < -0.4 is 5.32 Å². The van der Waals surface area contributed by atoms with Crippen molar-refractivity contribution in [1.29, 1.82) is 0 Å². The van der Waals surface area contributed by atoms with Crippen LogP contribution in [0.4, 0.5) is 5.69 Å². The molecule has 3 nitrogen and oxygen atoms in total. The Morgan fingerprint density at radius 1 is 1.47 bits per heavy atom. The smallest absolute Gasteiger partial charge is 0.224 e. The molecule has 1 fully saturated rings. The van der Waals surface area contributed by atoms with Gasteiger partial charge in [-0.3, -0.25) is 4.79 Å². The van der Waals surface area contributed by atoms with E-state index in [1.807, 2.05) is 19.1 Å². The lowest BCUT2D eigenvalue weighted by Gasteiger charge is -2.18. The molecule has 2 atom stereocenters. The zero-order valence-corrected chi connectivity index (χ0v) is 12.0. The quantitative estimate of drug-likeness (QED) is 0.901. The van der Waals surface area contributed by atoms with Gasteiger partial charge in [0, 0.05) is 18.7 Å². The number of amides is 1. The highest BCUT2D eigenvalue weighted by Gasteiger charge is 2.24. The molecule has 104 valence electrons. The average Bonchev–Trinajstić information content (AvgIpc) is 2.86. The van der Waals surface area contributed by atoms with E-state index in [0.29, 0.717) is 6.42 Å². The number of anilines is 1. The number of hydrogen-bond donors (Lipinski definition) is 1. The molecule has 0 spiro atoms. The van der Waals surface area contributed by atoms with Crippen LogP contribution in [-0.4, -0.2) is 18.6 Å². The summed E-state index contributed by atoms with van der Waals surface area (Å²) in [7, 11) is 0. The molecule has 1 aliphatic rings. The molecule has 1 amide bonds. The molecule has 0 radical (unpaired) electrons. The first-order valence-electron chi connectivity index (χ1n) is 7.05. The Bertz CT molecular complexity index is 450. The molecule has 1 N–H and O–H groups in total. The monoisotopic (exact) mass is 261 g/mol. The zero-order chi connectivity index (χ0) is 13.8. The lowest BCUT2D eigenvalue weighted by Crippen LogP contribution is -2.23. The van der Waals surface area contributed by atoms with Crippen LogP contribution in [-0.2, 0) is 9.53 Å². The van der Waals surface area contributed by atoms with Gasteiger partial charge in [0.1, 0.15) is 0 Å². The van der Waals surface area contributed by atoms with Crippen LogP contribution in [0.2, 0.25) is 0 Å². The summed E-state index contributed by atoms with van der Waals surface area (Å²) in [6.45, 7) is 7.01. The van der Waals surface area contributed by atoms with E-state index in [1.54, 1.807) is 0 Å². The molecule has 1 heterocycles. The van der Waals surface area contributed by atoms with Crippen LogP contribution in [0.25, 0.3) is 0 Å². The molecule has 1 aromatic carbocycles.